The summed E-state index contributed by atoms with van der Waals surface area (Å²) in [5.41, 5.74) is 5.83. The van der Waals surface area contributed by atoms with Crippen molar-refractivity contribution in [3.63, 3.8) is 0 Å². The molecular formula is C25H16N4. The zero-order valence-corrected chi connectivity index (χ0v) is 15.5. The third kappa shape index (κ3) is 2.86. The van der Waals surface area contributed by atoms with E-state index in [0.717, 1.165) is 39.1 Å². The molecule has 5 aromatic rings. The molecule has 2 heterocycles. The molecule has 0 aliphatic rings. The molecule has 0 fully saturated rings. The standard InChI is InChI=1S/C25H16N4/c26-16-20-17-27-25-23(22(20)18-10-4-1-5-11-18)24(19-12-6-2-7-13-19)28-29(25)21-14-8-3-9-15-21/h1-15,17H. The fourth-order valence-electron chi connectivity index (χ4n) is 3.62. The lowest BCUT2D eigenvalue weighted by Crippen LogP contribution is -1.98. The number of hydrogen-bond acceptors (Lipinski definition) is 3. The van der Waals surface area contributed by atoms with Crippen molar-refractivity contribution in [2.24, 2.45) is 0 Å². The number of hydrogen-bond donors (Lipinski definition) is 0. The van der Waals surface area contributed by atoms with Crippen molar-refractivity contribution in [1.29, 1.82) is 5.26 Å². The van der Waals surface area contributed by atoms with Gasteiger partial charge in [-0.15, -0.1) is 0 Å². The lowest BCUT2D eigenvalue weighted by Gasteiger charge is -2.08. The Balaban J connectivity index is 1.94. The lowest BCUT2D eigenvalue weighted by atomic mass is 9.96. The third-order valence-electron chi connectivity index (χ3n) is 4.93. The molecular weight excluding hydrogens is 356 g/mol. The van der Waals surface area contributed by atoms with Crippen LogP contribution in [-0.2, 0) is 0 Å². The van der Waals surface area contributed by atoms with Crippen LogP contribution < -0.4 is 0 Å². The number of aromatic nitrogens is 3. The van der Waals surface area contributed by atoms with Gasteiger partial charge in [0, 0.05) is 17.3 Å². The van der Waals surface area contributed by atoms with Gasteiger partial charge in [-0.1, -0.05) is 78.9 Å². The fourth-order valence-corrected chi connectivity index (χ4v) is 3.62. The fraction of sp³-hybridized carbons (Fsp3) is 0. The van der Waals surface area contributed by atoms with Crippen molar-refractivity contribution < 1.29 is 0 Å². The Bertz CT molecular complexity index is 1330. The van der Waals surface area contributed by atoms with E-state index in [-0.39, 0.29) is 0 Å². The van der Waals surface area contributed by atoms with Crippen molar-refractivity contribution in [3.05, 3.63) is 103 Å². The minimum atomic E-state index is 0.536. The minimum Gasteiger partial charge on any atom is -0.235 e. The van der Waals surface area contributed by atoms with Crippen molar-refractivity contribution in [1.82, 2.24) is 14.8 Å². The molecule has 0 radical (unpaired) electrons. The summed E-state index contributed by atoms with van der Waals surface area (Å²) in [5, 5.41) is 15.6. The van der Waals surface area contributed by atoms with E-state index in [2.05, 4.69) is 11.1 Å². The zero-order chi connectivity index (χ0) is 19.6. The predicted molar refractivity (Wildman–Crippen MR) is 114 cm³/mol. The van der Waals surface area contributed by atoms with Crippen LogP contribution in [0.5, 0.6) is 0 Å². The molecule has 0 saturated heterocycles. The van der Waals surface area contributed by atoms with Gasteiger partial charge in [-0.25, -0.2) is 9.67 Å². The maximum absolute atomic E-state index is 9.81. The van der Waals surface area contributed by atoms with Crippen LogP contribution in [-0.4, -0.2) is 14.8 Å². The van der Waals surface area contributed by atoms with Gasteiger partial charge in [-0.3, -0.25) is 0 Å². The summed E-state index contributed by atoms with van der Waals surface area (Å²) < 4.78 is 1.85. The van der Waals surface area contributed by atoms with Crippen LogP contribution in [0.3, 0.4) is 0 Å². The van der Waals surface area contributed by atoms with Gasteiger partial charge in [-0.2, -0.15) is 10.4 Å². The first-order valence-electron chi connectivity index (χ1n) is 9.35. The van der Waals surface area contributed by atoms with Crippen LogP contribution in [0.1, 0.15) is 5.56 Å². The quantitative estimate of drug-likeness (QED) is 0.413. The summed E-state index contributed by atoms with van der Waals surface area (Å²) in [5.74, 6) is 0. The van der Waals surface area contributed by atoms with Crippen molar-refractivity contribution in [2.75, 3.05) is 0 Å². The molecule has 0 unspecified atom stereocenters. The van der Waals surface area contributed by atoms with E-state index in [1.807, 2.05) is 95.7 Å². The van der Waals surface area contributed by atoms with E-state index < -0.39 is 0 Å². The third-order valence-corrected chi connectivity index (χ3v) is 4.93. The predicted octanol–water partition coefficient (Wildman–Crippen LogP) is 5.63. The lowest BCUT2D eigenvalue weighted by molar-refractivity contribution is 0.901. The topological polar surface area (TPSA) is 54.5 Å². The molecule has 0 N–H and O–H groups in total. The molecule has 4 heteroatoms. The van der Waals surface area contributed by atoms with Crippen LogP contribution >= 0.6 is 0 Å². The minimum absolute atomic E-state index is 0.536. The van der Waals surface area contributed by atoms with Gasteiger partial charge in [0.2, 0.25) is 0 Å². The first kappa shape index (κ1) is 16.9. The molecule has 136 valence electrons. The second kappa shape index (κ2) is 7.06. The highest BCUT2D eigenvalue weighted by Gasteiger charge is 2.21. The molecule has 29 heavy (non-hydrogen) atoms. The summed E-state index contributed by atoms with van der Waals surface area (Å²) in [6.45, 7) is 0. The first-order valence-corrected chi connectivity index (χ1v) is 9.35. The van der Waals surface area contributed by atoms with Gasteiger partial charge in [0.1, 0.15) is 11.8 Å². The van der Waals surface area contributed by atoms with Gasteiger partial charge >= 0.3 is 0 Å². The van der Waals surface area contributed by atoms with Crippen LogP contribution in [0, 0.1) is 11.3 Å². The summed E-state index contributed by atoms with van der Waals surface area (Å²) >= 11 is 0. The molecule has 0 spiro atoms. The molecule has 5 rings (SSSR count). The normalized spacial score (nSPS) is 10.7. The van der Waals surface area contributed by atoms with Crippen molar-refractivity contribution >= 4 is 11.0 Å². The molecule has 2 aromatic heterocycles. The Labute approximate surface area is 168 Å². The van der Waals surface area contributed by atoms with E-state index in [1.54, 1.807) is 6.20 Å². The Kier molecular flexibility index (Phi) is 4.12. The van der Waals surface area contributed by atoms with E-state index in [1.165, 1.54) is 0 Å². The van der Waals surface area contributed by atoms with Crippen LogP contribution in [0.2, 0.25) is 0 Å². The summed E-state index contributed by atoms with van der Waals surface area (Å²) in [4.78, 5) is 4.64. The van der Waals surface area contributed by atoms with Crippen LogP contribution in [0.25, 0.3) is 39.1 Å². The average molecular weight is 372 g/mol. The highest BCUT2D eigenvalue weighted by atomic mass is 15.3. The molecule has 3 aromatic carbocycles. The van der Waals surface area contributed by atoms with E-state index in [4.69, 9.17) is 5.10 Å². The molecule has 0 amide bonds. The van der Waals surface area contributed by atoms with Gasteiger partial charge in [0.15, 0.2) is 5.65 Å². The highest BCUT2D eigenvalue weighted by molar-refractivity contribution is 6.04. The number of benzene rings is 3. The Morgan fingerprint density at radius 1 is 0.724 bits per heavy atom. The number of nitriles is 1. The Morgan fingerprint density at radius 2 is 1.31 bits per heavy atom. The van der Waals surface area contributed by atoms with Gasteiger partial charge in [-0.05, 0) is 17.7 Å². The van der Waals surface area contributed by atoms with Crippen LogP contribution in [0.15, 0.2) is 97.2 Å². The molecule has 0 saturated carbocycles. The maximum Gasteiger partial charge on any atom is 0.164 e. The number of nitrogens with zero attached hydrogens (tertiary/aromatic N) is 4. The number of fused-ring (bicyclic) bond motifs is 1. The van der Waals surface area contributed by atoms with E-state index >= 15 is 0 Å². The molecule has 0 aliphatic carbocycles. The van der Waals surface area contributed by atoms with Gasteiger partial charge in [0.05, 0.1) is 16.6 Å². The Hall–Kier alpha value is -4.23. The molecule has 0 atom stereocenters. The second-order valence-corrected chi connectivity index (χ2v) is 6.69. The molecule has 0 aliphatic heterocycles. The number of para-hydroxylation sites is 1. The number of pyridine rings is 1. The largest absolute Gasteiger partial charge is 0.235 e. The SMILES string of the molecule is N#Cc1cnc2c(c(-c3ccccc3)nn2-c2ccccc2)c1-c1ccccc1. The summed E-state index contributed by atoms with van der Waals surface area (Å²) in [7, 11) is 0. The average Bonchev–Trinajstić information content (AvgIpc) is 3.20. The monoisotopic (exact) mass is 372 g/mol. The number of rotatable bonds is 3. The second-order valence-electron chi connectivity index (χ2n) is 6.69. The van der Waals surface area contributed by atoms with Gasteiger partial charge in [0.25, 0.3) is 0 Å². The maximum atomic E-state index is 9.81. The van der Waals surface area contributed by atoms with Crippen LogP contribution in [0.4, 0.5) is 0 Å². The van der Waals surface area contributed by atoms with Crippen molar-refractivity contribution in [3.8, 4) is 34.1 Å². The van der Waals surface area contributed by atoms with Crippen molar-refractivity contribution in [2.45, 2.75) is 0 Å². The van der Waals surface area contributed by atoms with Gasteiger partial charge < -0.3 is 0 Å². The summed E-state index contributed by atoms with van der Waals surface area (Å²) in [6.07, 6.45) is 1.64. The molecule has 4 nitrogen and oxygen atoms in total. The highest BCUT2D eigenvalue weighted by Crippen LogP contribution is 2.38. The smallest absolute Gasteiger partial charge is 0.164 e. The van der Waals surface area contributed by atoms with E-state index in [0.29, 0.717) is 5.56 Å². The molecule has 0 bridgehead atoms. The zero-order valence-electron chi connectivity index (χ0n) is 15.5. The van der Waals surface area contributed by atoms with E-state index in [9.17, 15) is 5.26 Å². The first-order chi connectivity index (χ1) is 14.4. The summed E-state index contributed by atoms with van der Waals surface area (Å²) in [6, 6.07) is 32.3. The Morgan fingerprint density at radius 3 is 1.93 bits per heavy atom.